The lowest BCUT2D eigenvalue weighted by Crippen LogP contribution is -2.10. The molecule has 3 aromatic rings. The van der Waals surface area contributed by atoms with Crippen molar-refractivity contribution in [3.05, 3.63) is 53.7 Å². The van der Waals surface area contributed by atoms with Gasteiger partial charge in [-0.3, -0.25) is 4.98 Å². The number of benzene rings is 2. The minimum absolute atomic E-state index is 0.687. The summed E-state index contributed by atoms with van der Waals surface area (Å²) in [6.07, 6.45) is 15.7. The average Bonchev–Trinajstić information content (AvgIpc) is 2.73. The van der Waals surface area contributed by atoms with E-state index in [1.807, 2.05) is 6.20 Å². The maximum absolute atomic E-state index is 4.96. The van der Waals surface area contributed by atoms with E-state index in [2.05, 4.69) is 36.4 Å². The van der Waals surface area contributed by atoms with Gasteiger partial charge in [0.25, 0.3) is 0 Å². The van der Waals surface area contributed by atoms with Gasteiger partial charge < -0.3 is 0 Å². The summed E-state index contributed by atoms with van der Waals surface area (Å²) in [6, 6.07) is 13.7. The van der Waals surface area contributed by atoms with E-state index in [1.54, 1.807) is 11.1 Å². The van der Waals surface area contributed by atoms with Crippen molar-refractivity contribution < 1.29 is 0 Å². The predicted molar refractivity (Wildman–Crippen MR) is 111 cm³/mol. The number of hydrogen-bond acceptors (Lipinski definition) is 1. The molecule has 2 aromatic carbocycles. The van der Waals surface area contributed by atoms with E-state index in [-0.39, 0.29) is 0 Å². The Kier molecular flexibility index (Phi) is 4.40. The van der Waals surface area contributed by atoms with Crippen molar-refractivity contribution in [3.63, 3.8) is 0 Å². The third-order valence-corrected chi connectivity index (χ3v) is 6.89. The van der Waals surface area contributed by atoms with Crippen LogP contribution in [0, 0.1) is 0 Å². The topological polar surface area (TPSA) is 12.9 Å². The molecule has 2 saturated carbocycles. The molecule has 0 aliphatic heterocycles. The van der Waals surface area contributed by atoms with Crippen molar-refractivity contribution in [2.75, 3.05) is 0 Å². The molecule has 2 fully saturated rings. The molecule has 0 bridgehead atoms. The van der Waals surface area contributed by atoms with Gasteiger partial charge in [-0.15, -0.1) is 0 Å². The van der Waals surface area contributed by atoms with Crippen molar-refractivity contribution in [3.8, 4) is 0 Å². The summed E-state index contributed by atoms with van der Waals surface area (Å²) in [5, 5.41) is 4.45. The standard InChI is InChI=1S/C25H29N/c1-3-10-18(11-4-1)23-20-14-7-8-15-21(20)24(19-12-5-2-6-13-19)25-22(23)16-9-17-26-25/h7-9,14-19H,1-6,10-13H2. The first-order valence-electron chi connectivity index (χ1n) is 10.7. The minimum Gasteiger partial charge on any atom is -0.256 e. The van der Waals surface area contributed by atoms with E-state index in [9.17, 15) is 0 Å². The van der Waals surface area contributed by atoms with Crippen LogP contribution in [0.5, 0.6) is 0 Å². The van der Waals surface area contributed by atoms with Gasteiger partial charge in [0.05, 0.1) is 5.52 Å². The summed E-state index contributed by atoms with van der Waals surface area (Å²) in [7, 11) is 0. The summed E-state index contributed by atoms with van der Waals surface area (Å²) >= 11 is 0. The van der Waals surface area contributed by atoms with Crippen molar-refractivity contribution in [1.29, 1.82) is 0 Å². The van der Waals surface area contributed by atoms with Crippen LogP contribution in [0.4, 0.5) is 0 Å². The summed E-state index contributed by atoms with van der Waals surface area (Å²) in [5.74, 6) is 1.40. The van der Waals surface area contributed by atoms with E-state index in [4.69, 9.17) is 4.98 Å². The SMILES string of the molecule is c1ccc2c(C3CCCCC3)c3ncccc3c(C3CCCCC3)c2c1. The number of pyridine rings is 1. The maximum atomic E-state index is 4.96. The summed E-state index contributed by atoms with van der Waals surface area (Å²) in [5.41, 5.74) is 4.46. The molecule has 0 saturated heterocycles. The zero-order valence-electron chi connectivity index (χ0n) is 15.7. The molecule has 26 heavy (non-hydrogen) atoms. The molecule has 1 nitrogen and oxygen atoms in total. The quantitative estimate of drug-likeness (QED) is 0.439. The third-order valence-electron chi connectivity index (χ3n) is 6.89. The minimum atomic E-state index is 0.687. The van der Waals surface area contributed by atoms with Crippen LogP contribution in [0.2, 0.25) is 0 Å². The Bertz CT molecular complexity index is 781. The Balaban J connectivity index is 1.82. The smallest absolute Gasteiger partial charge is 0.0746 e. The number of fused-ring (bicyclic) bond motifs is 2. The largest absolute Gasteiger partial charge is 0.256 e. The van der Waals surface area contributed by atoms with E-state index in [0.717, 1.165) is 0 Å². The molecule has 134 valence electrons. The Labute approximate surface area is 156 Å². The summed E-state index contributed by atoms with van der Waals surface area (Å²) in [4.78, 5) is 4.96. The van der Waals surface area contributed by atoms with Crippen molar-refractivity contribution in [2.45, 2.75) is 76.0 Å². The molecule has 1 aromatic heterocycles. The molecule has 0 N–H and O–H groups in total. The van der Waals surface area contributed by atoms with Gasteiger partial charge >= 0.3 is 0 Å². The second-order valence-corrected chi connectivity index (χ2v) is 8.44. The molecule has 0 atom stereocenters. The van der Waals surface area contributed by atoms with Gasteiger partial charge in [-0.25, -0.2) is 0 Å². The lowest BCUT2D eigenvalue weighted by molar-refractivity contribution is 0.444. The Hall–Kier alpha value is -1.89. The molecule has 5 rings (SSSR count). The van der Waals surface area contributed by atoms with Gasteiger partial charge in [0.1, 0.15) is 0 Å². The number of aromatic nitrogens is 1. The molecule has 0 spiro atoms. The van der Waals surface area contributed by atoms with E-state index < -0.39 is 0 Å². The zero-order valence-corrected chi connectivity index (χ0v) is 15.7. The van der Waals surface area contributed by atoms with Crippen LogP contribution in [-0.2, 0) is 0 Å². The molecule has 0 radical (unpaired) electrons. The van der Waals surface area contributed by atoms with Crippen LogP contribution in [0.15, 0.2) is 42.6 Å². The summed E-state index contributed by atoms with van der Waals surface area (Å²) in [6.45, 7) is 0. The predicted octanol–water partition coefficient (Wildman–Crippen LogP) is 7.48. The maximum Gasteiger partial charge on any atom is 0.0746 e. The molecule has 1 heterocycles. The van der Waals surface area contributed by atoms with Gasteiger partial charge in [0.2, 0.25) is 0 Å². The Morgan fingerprint density at radius 3 is 1.77 bits per heavy atom. The van der Waals surface area contributed by atoms with Crippen molar-refractivity contribution in [2.24, 2.45) is 0 Å². The Morgan fingerprint density at radius 1 is 0.577 bits per heavy atom. The van der Waals surface area contributed by atoms with E-state index in [1.165, 1.54) is 85.9 Å². The van der Waals surface area contributed by atoms with Gasteiger partial charge in [-0.05, 0) is 65.5 Å². The highest BCUT2D eigenvalue weighted by atomic mass is 14.7. The number of hydrogen-bond donors (Lipinski definition) is 0. The molecular formula is C25H29N. The van der Waals surface area contributed by atoms with Crippen LogP contribution in [0.1, 0.15) is 87.2 Å². The highest BCUT2D eigenvalue weighted by Gasteiger charge is 2.26. The lowest BCUT2D eigenvalue weighted by Gasteiger charge is -2.29. The van der Waals surface area contributed by atoms with E-state index in [0.29, 0.717) is 11.8 Å². The zero-order chi connectivity index (χ0) is 17.3. The van der Waals surface area contributed by atoms with Crippen LogP contribution in [-0.4, -0.2) is 4.98 Å². The number of rotatable bonds is 2. The molecule has 0 unspecified atom stereocenters. The second kappa shape index (κ2) is 7.02. The first-order valence-corrected chi connectivity index (χ1v) is 10.7. The normalized spacial score (nSPS) is 20.0. The molecule has 2 aliphatic carbocycles. The van der Waals surface area contributed by atoms with Crippen LogP contribution in [0.3, 0.4) is 0 Å². The molecule has 1 heteroatoms. The lowest BCUT2D eigenvalue weighted by atomic mass is 9.76. The first kappa shape index (κ1) is 16.3. The summed E-state index contributed by atoms with van der Waals surface area (Å²) < 4.78 is 0. The molecule has 0 amide bonds. The van der Waals surface area contributed by atoms with E-state index >= 15 is 0 Å². The monoisotopic (exact) mass is 343 g/mol. The highest BCUT2D eigenvalue weighted by Crippen LogP contribution is 2.46. The van der Waals surface area contributed by atoms with Crippen LogP contribution >= 0.6 is 0 Å². The van der Waals surface area contributed by atoms with Crippen LogP contribution < -0.4 is 0 Å². The van der Waals surface area contributed by atoms with Gasteiger partial charge in [0, 0.05) is 11.6 Å². The number of nitrogens with zero attached hydrogens (tertiary/aromatic N) is 1. The van der Waals surface area contributed by atoms with Gasteiger partial charge in [0.15, 0.2) is 0 Å². The molecular weight excluding hydrogens is 314 g/mol. The second-order valence-electron chi connectivity index (χ2n) is 8.44. The van der Waals surface area contributed by atoms with Crippen molar-refractivity contribution in [1.82, 2.24) is 4.98 Å². The van der Waals surface area contributed by atoms with Gasteiger partial charge in [-0.1, -0.05) is 68.9 Å². The third kappa shape index (κ3) is 2.73. The fraction of sp³-hybridized carbons (Fsp3) is 0.480. The fourth-order valence-electron chi connectivity index (χ4n) is 5.70. The Morgan fingerprint density at radius 2 is 1.12 bits per heavy atom. The van der Waals surface area contributed by atoms with Gasteiger partial charge in [-0.2, -0.15) is 0 Å². The highest BCUT2D eigenvalue weighted by molar-refractivity contribution is 6.05. The van der Waals surface area contributed by atoms with Crippen molar-refractivity contribution >= 4 is 21.7 Å². The van der Waals surface area contributed by atoms with Crippen LogP contribution in [0.25, 0.3) is 21.7 Å². The fourth-order valence-corrected chi connectivity index (χ4v) is 5.70. The molecule has 2 aliphatic rings. The first-order chi connectivity index (χ1) is 12.9. The average molecular weight is 344 g/mol.